The van der Waals surface area contributed by atoms with Gasteiger partial charge in [0.15, 0.2) is 0 Å². The van der Waals surface area contributed by atoms with E-state index < -0.39 is 0 Å². The highest BCUT2D eigenvalue weighted by Gasteiger charge is 2.32. The number of carbonyl (C=O) groups excluding carboxylic acids is 1. The average Bonchev–Trinajstić information content (AvgIpc) is 2.84. The Morgan fingerprint density at radius 2 is 1.82 bits per heavy atom. The Morgan fingerprint density at radius 1 is 1.03 bits per heavy atom. The van der Waals surface area contributed by atoms with Gasteiger partial charge in [-0.1, -0.05) is 36.4 Å². The van der Waals surface area contributed by atoms with Crippen molar-refractivity contribution in [2.75, 3.05) is 20.2 Å². The molecule has 0 radical (unpaired) electrons. The highest BCUT2D eigenvalue weighted by molar-refractivity contribution is 5.79. The number of hydrogen-bond acceptors (Lipinski definition) is 3. The molecule has 6 heteroatoms. The zero-order chi connectivity index (χ0) is 24.1. The molecule has 1 N–H and O–H groups in total. The van der Waals surface area contributed by atoms with Gasteiger partial charge in [0.05, 0.1) is 13.0 Å². The second-order valence-electron chi connectivity index (χ2n) is 9.03. The van der Waals surface area contributed by atoms with Crippen LogP contribution < -0.4 is 10.1 Å². The van der Waals surface area contributed by atoms with Crippen LogP contribution in [-0.2, 0) is 17.9 Å². The molecule has 178 valence electrons. The first-order valence-electron chi connectivity index (χ1n) is 11.5. The minimum absolute atomic E-state index is 0.0524. The van der Waals surface area contributed by atoms with Crippen molar-refractivity contribution in [2.24, 2.45) is 5.92 Å². The molecule has 0 spiro atoms. The van der Waals surface area contributed by atoms with Crippen molar-refractivity contribution in [3.05, 3.63) is 101 Å². The number of amides is 1. The number of ether oxygens (including phenoxy) is 1. The second kappa shape index (κ2) is 10.8. The first-order chi connectivity index (χ1) is 16.4. The SMILES string of the molecule is COc1cccc(CN2CC(C(=O)NCc3cccc(F)c3)CC(c3ccc(F)c(C)c3)C2)c1. The van der Waals surface area contributed by atoms with Gasteiger partial charge in [-0.05, 0) is 71.8 Å². The molecule has 0 bridgehead atoms. The van der Waals surface area contributed by atoms with E-state index >= 15 is 0 Å². The third-order valence-electron chi connectivity index (χ3n) is 6.45. The molecule has 1 aliphatic heterocycles. The van der Waals surface area contributed by atoms with E-state index in [1.54, 1.807) is 26.2 Å². The molecule has 1 fully saturated rings. The van der Waals surface area contributed by atoms with Crippen LogP contribution in [0.3, 0.4) is 0 Å². The molecule has 1 heterocycles. The van der Waals surface area contributed by atoms with E-state index in [1.165, 1.54) is 18.2 Å². The lowest BCUT2D eigenvalue weighted by molar-refractivity contribution is -0.127. The van der Waals surface area contributed by atoms with E-state index in [2.05, 4.69) is 10.2 Å². The quantitative estimate of drug-likeness (QED) is 0.522. The summed E-state index contributed by atoms with van der Waals surface area (Å²) >= 11 is 0. The molecule has 3 aromatic carbocycles. The summed E-state index contributed by atoms with van der Waals surface area (Å²) in [5, 5.41) is 2.98. The largest absolute Gasteiger partial charge is 0.497 e. The van der Waals surface area contributed by atoms with Crippen molar-refractivity contribution >= 4 is 5.91 Å². The predicted octanol–water partition coefficient (Wildman–Crippen LogP) is 5.20. The summed E-state index contributed by atoms with van der Waals surface area (Å²) in [5.74, 6) is 0.0673. The molecule has 2 unspecified atom stereocenters. The lowest BCUT2D eigenvalue weighted by atomic mass is 9.83. The molecule has 2 atom stereocenters. The maximum Gasteiger partial charge on any atom is 0.224 e. The molecular formula is C28H30F2N2O2. The van der Waals surface area contributed by atoms with Gasteiger partial charge < -0.3 is 10.1 Å². The Balaban J connectivity index is 1.51. The van der Waals surface area contributed by atoms with Crippen molar-refractivity contribution in [1.29, 1.82) is 0 Å². The van der Waals surface area contributed by atoms with Crippen LogP contribution in [0.15, 0.2) is 66.7 Å². The number of piperidine rings is 1. The average molecular weight is 465 g/mol. The summed E-state index contributed by atoms with van der Waals surface area (Å²) in [6.07, 6.45) is 0.675. The highest BCUT2D eigenvalue weighted by atomic mass is 19.1. The minimum Gasteiger partial charge on any atom is -0.497 e. The fourth-order valence-electron chi connectivity index (χ4n) is 4.68. The molecule has 34 heavy (non-hydrogen) atoms. The highest BCUT2D eigenvalue weighted by Crippen LogP contribution is 2.32. The van der Waals surface area contributed by atoms with E-state index in [1.807, 2.05) is 36.4 Å². The molecular weight excluding hydrogens is 434 g/mol. The monoisotopic (exact) mass is 464 g/mol. The standard InChI is InChI=1S/C28H30F2N2O2/c1-19-11-22(9-10-27(19)30)23-14-24(28(33)31-15-20-5-3-7-25(29)12-20)18-32(17-23)16-21-6-4-8-26(13-21)34-2/h3-13,23-24H,14-18H2,1-2H3,(H,31,33). The Bertz CT molecular complexity index is 1150. The van der Waals surface area contributed by atoms with Crippen molar-refractivity contribution in [3.63, 3.8) is 0 Å². The Labute approximate surface area is 199 Å². The van der Waals surface area contributed by atoms with E-state index in [9.17, 15) is 13.6 Å². The summed E-state index contributed by atoms with van der Waals surface area (Å²) in [6, 6.07) is 19.4. The van der Waals surface area contributed by atoms with E-state index in [-0.39, 0.29) is 35.9 Å². The van der Waals surface area contributed by atoms with Crippen molar-refractivity contribution in [1.82, 2.24) is 10.2 Å². The molecule has 0 aromatic heterocycles. The van der Waals surface area contributed by atoms with E-state index in [4.69, 9.17) is 4.74 Å². The van der Waals surface area contributed by atoms with Crippen molar-refractivity contribution in [3.8, 4) is 5.75 Å². The number of aryl methyl sites for hydroxylation is 1. The Kier molecular flexibility index (Phi) is 7.58. The summed E-state index contributed by atoms with van der Waals surface area (Å²) in [5.41, 5.74) is 3.48. The van der Waals surface area contributed by atoms with Gasteiger partial charge >= 0.3 is 0 Å². The van der Waals surface area contributed by atoms with Gasteiger partial charge in [0.25, 0.3) is 0 Å². The zero-order valence-electron chi connectivity index (χ0n) is 19.6. The molecule has 4 rings (SSSR count). The van der Waals surface area contributed by atoms with Crippen LogP contribution in [0, 0.1) is 24.5 Å². The molecule has 0 aliphatic carbocycles. The summed E-state index contributed by atoms with van der Waals surface area (Å²) in [4.78, 5) is 15.4. The fourth-order valence-corrected chi connectivity index (χ4v) is 4.68. The Hall–Kier alpha value is -3.25. The van der Waals surface area contributed by atoms with E-state index in [0.717, 1.165) is 29.0 Å². The van der Waals surface area contributed by atoms with Crippen LogP contribution in [0.4, 0.5) is 8.78 Å². The molecule has 3 aromatic rings. The molecule has 4 nitrogen and oxygen atoms in total. The number of rotatable bonds is 7. The number of carbonyl (C=O) groups is 1. The summed E-state index contributed by atoms with van der Waals surface area (Å²) in [7, 11) is 1.64. The van der Waals surface area contributed by atoms with Crippen LogP contribution in [0.1, 0.15) is 34.6 Å². The van der Waals surface area contributed by atoms with Crippen LogP contribution >= 0.6 is 0 Å². The van der Waals surface area contributed by atoms with Crippen LogP contribution in [0.5, 0.6) is 5.75 Å². The van der Waals surface area contributed by atoms with Crippen LogP contribution in [-0.4, -0.2) is 31.0 Å². The lowest BCUT2D eigenvalue weighted by Gasteiger charge is -2.37. The number of hydrogen-bond donors (Lipinski definition) is 1. The Morgan fingerprint density at radius 3 is 2.59 bits per heavy atom. The predicted molar refractivity (Wildman–Crippen MR) is 129 cm³/mol. The van der Waals surface area contributed by atoms with Crippen molar-refractivity contribution in [2.45, 2.75) is 32.4 Å². The first-order valence-corrected chi connectivity index (χ1v) is 11.5. The van der Waals surface area contributed by atoms with Gasteiger partial charge in [-0.3, -0.25) is 9.69 Å². The van der Waals surface area contributed by atoms with Crippen LogP contribution in [0.2, 0.25) is 0 Å². The normalized spacial score (nSPS) is 18.5. The van der Waals surface area contributed by atoms with Gasteiger partial charge in [0.1, 0.15) is 17.4 Å². The van der Waals surface area contributed by atoms with Crippen molar-refractivity contribution < 1.29 is 18.3 Å². The maximum absolute atomic E-state index is 13.9. The van der Waals surface area contributed by atoms with Gasteiger partial charge in [-0.2, -0.15) is 0 Å². The van der Waals surface area contributed by atoms with Gasteiger partial charge in [0.2, 0.25) is 5.91 Å². The third kappa shape index (κ3) is 6.00. The number of nitrogens with one attached hydrogen (secondary N) is 1. The molecule has 1 saturated heterocycles. The van der Waals surface area contributed by atoms with Gasteiger partial charge in [-0.15, -0.1) is 0 Å². The van der Waals surface area contributed by atoms with Gasteiger partial charge in [0, 0.05) is 26.2 Å². The number of halogens is 2. The van der Waals surface area contributed by atoms with E-state index in [0.29, 0.717) is 25.1 Å². The zero-order valence-corrected chi connectivity index (χ0v) is 19.6. The summed E-state index contributed by atoms with van der Waals surface area (Å²) in [6.45, 7) is 4.11. The number of methoxy groups -OCH3 is 1. The third-order valence-corrected chi connectivity index (χ3v) is 6.45. The minimum atomic E-state index is -0.319. The topological polar surface area (TPSA) is 41.6 Å². The fraction of sp³-hybridized carbons (Fsp3) is 0.321. The number of benzene rings is 3. The second-order valence-corrected chi connectivity index (χ2v) is 9.03. The first kappa shape index (κ1) is 23.9. The van der Waals surface area contributed by atoms with Crippen LogP contribution in [0.25, 0.3) is 0 Å². The van der Waals surface area contributed by atoms with Gasteiger partial charge in [-0.25, -0.2) is 8.78 Å². The molecule has 1 amide bonds. The maximum atomic E-state index is 13.9. The smallest absolute Gasteiger partial charge is 0.224 e. The summed E-state index contributed by atoms with van der Waals surface area (Å²) < 4.78 is 32.7. The molecule has 1 aliphatic rings. The number of nitrogens with zero attached hydrogens (tertiary/aromatic N) is 1. The lowest BCUT2D eigenvalue weighted by Crippen LogP contribution is -2.45. The number of likely N-dealkylation sites (tertiary alicyclic amines) is 1. The molecule has 0 saturated carbocycles.